The fraction of sp³-hybridized carbons (Fsp3) is 0.158. The minimum Gasteiger partial charge on any atom is -0.411 e. The van der Waals surface area contributed by atoms with Crippen LogP contribution in [0.4, 0.5) is 0 Å². The van der Waals surface area contributed by atoms with Gasteiger partial charge in [-0.05, 0) is 23.6 Å². The molecule has 0 saturated heterocycles. The summed E-state index contributed by atoms with van der Waals surface area (Å²) in [7, 11) is 0. The predicted molar refractivity (Wildman–Crippen MR) is 92.5 cm³/mol. The van der Waals surface area contributed by atoms with Crippen LogP contribution in [0.1, 0.15) is 30.9 Å². The molecule has 2 aromatic carbocycles. The van der Waals surface area contributed by atoms with Crippen LogP contribution in [0.2, 0.25) is 0 Å². The van der Waals surface area contributed by atoms with E-state index in [0.717, 1.165) is 22.5 Å². The highest BCUT2D eigenvalue weighted by Crippen LogP contribution is 2.25. The van der Waals surface area contributed by atoms with E-state index in [-0.39, 0.29) is 0 Å². The smallest absolute Gasteiger partial charge is 0.102 e. The van der Waals surface area contributed by atoms with Crippen LogP contribution in [-0.4, -0.2) is 21.2 Å². The van der Waals surface area contributed by atoms with E-state index in [1.807, 2.05) is 36.5 Å². The number of para-hydroxylation sites is 1. The number of benzene rings is 2. The maximum atomic E-state index is 8.92. The van der Waals surface area contributed by atoms with Gasteiger partial charge in [-0.15, -0.1) is 0 Å². The summed E-state index contributed by atoms with van der Waals surface area (Å²) in [4.78, 5) is 0. The number of hydrogen-bond donors (Lipinski definition) is 1. The summed E-state index contributed by atoms with van der Waals surface area (Å²) in [6.07, 6.45) is 3.28. The molecule has 3 aromatic rings. The molecule has 0 bridgehead atoms. The zero-order valence-corrected chi connectivity index (χ0v) is 13.2. The average molecular weight is 305 g/mol. The molecule has 0 aliphatic rings. The summed E-state index contributed by atoms with van der Waals surface area (Å²) in [6.45, 7) is 4.34. The Morgan fingerprint density at radius 3 is 2.35 bits per heavy atom. The van der Waals surface area contributed by atoms with Crippen LogP contribution in [0.3, 0.4) is 0 Å². The molecule has 0 saturated carbocycles. The molecule has 4 nitrogen and oxygen atoms in total. The number of hydrogen-bond acceptors (Lipinski definition) is 3. The Balaban J connectivity index is 2.05. The van der Waals surface area contributed by atoms with Gasteiger partial charge in [0, 0.05) is 17.3 Å². The summed E-state index contributed by atoms with van der Waals surface area (Å²) < 4.78 is 1.79. The van der Waals surface area contributed by atoms with Gasteiger partial charge >= 0.3 is 0 Å². The number of aromatic nitrogens is 2. The molecule has 23 heavy (non-hydrogen) atoms. The summed E-state index contributed by atoms with van der Waals surface area (Å²) in [6, 6.07) is 18.2. The van der Waals surface area contributed by atoms with Crippen LogP contribution in [-0.2, 0) is 0 Å². The van der Waals surface area contributed by atoms with Crippen LogP contribution in [0.15, 0.2) is 65.9 Å². The van der Waals surface area contributed by atoms with E-state index in [1.54, 1.807) is 4.68 Å². The van der Waals surface area contributed by atoms with Crippen molar-refractivity contribution in [3.8, 4) is 16.9 Å². The molecule has 1 aromatic heterocycles. The Morgan fingerprint density at radius 2 is 1.74 bits per heavy atom. The molecule has 1 N–H and O–H groups in total. The Bertz CT molecular complexity index is 802. The van der Waals surface area contributed by atoms with Gasteiger partial charge in [-0.2, -0.15) is 5.10 Å². The lowest BCUT2D eigenvalue weighted by Crippen LogP contribution is -1.94. The monoisotopic (exact) mass is 305 g/mol. The van der Waals surface area contributed by atoms with Crippen molar-refractivity contribution >= 4 is 6.21 Å². The van der Waals surface area contributed by atoms with E-state index in [4.69, 9.17) is 5.21 Å². The normalized spacial score (nSPS) is 11.4. The van der Waals surface area contributed by atoms with Gasteiger partial charge in [0.15, 0.2) is 0 Å². The Kier molecular flexibility index (Phi) is 4.24. The zero-order valence-electron chi connectivity index (χ0n) is 13.2. The first-order chi connectivity index (χ1) is 11.2. The molecule has 3 rings (SSSR count). The molecule has 1 heterocycles. The van der Waals surface area contributed by atoms with Gasteiger partial charge in [0.05, 0.1) is 11.9 Å². The molecule has 0 aliphatic heterocycles. The maximum absolute atomic E-state index is 8.92. The summed E-state index contributed by atoms with van der Waals surface area (Å²) in [5.41, 5.74) is 4.81. The van der Waals surface area contributed by atoms with Gasteiger partial charge in [-0.1, -0.05) is 61.5 Å². The fourth-order valence-electron chi connectivity index (χ4n) is 2.51. The highest BCUT2D eigenvalue weighted by Gasteiger charge is 2.11. The minimum absolute atomic E-state index is 0.490. The molecule has 0 spiro atoms. The third-order valence-electron chi connectivity index (χ3n) is 3.81. The molecule has 0 unspecified atom stereocenters. The van der Waals surface area contributed by atoms with Crippen LogP contribution < -0.4 is 0 Å². The quantitative estimate of drug-likeness (QED) is 0.439. The first-order valence-corrected chi connectivity index (χ1v) is 7.62. The molecular formula is C19H19N3O. The summed E-state index contributed by atoms with van der Waals surface area (Å²) in [5, 5.41) is 16.7. The first kappa shape index (κ1) is 15.0. The van der Waals surface area contributed by atoms with Crippen LogP contribution in [0, 0.1) is 0 Å². The first-order valence-electron chi connectivity index (χ1n) is 7.62. The van der Waals surface area contributed by atoms with Gasteiger partial charge in [-0.25, -0.2) is 4.68 Å². The SMILES string of the molecule is CC(C)c1ccc(-c2nn(-c3ccccc3)cc2/C=N/O)cc1. The van der Waals surface area contributed by atoms with Crippen molar-refractivity contribution in [2.24, 2.45) is 5.16 Å². The molecular weight excluding hydrogens is 286 g/mol. The fourth-order valence-corrected chi connectivity index (χ4v) is 2.51. The lowest BCUT2D eigenvalue weighted by molar-refractivity contribution is 0.322. The Hall–Kier alpha value is -2.88. The zero-order chi connectivity index (χ0) is 16.2. The third-order valence-corrected chi connectivity index (χ3v) is 3.81. The van der Waals surface area contributed by atoms with Gasteiger partial charge < -0.3 is 5.21 Å². The van der Waals surface area contributed by atoms with E-state index >= 15 is 0 Å². The third kappa shape index (κ3) is 3.16. The van der Waals surface area contributed by atoms with E-state index in [2.05, 4.69) is 48.4 Å². The van der Waals surface area contributed by atoms with Crippen molar-refractivity contribution in [2.75, 3.05) is 0 Å². The molecule has 0 amide bonds. The molecule has 0 atom stereocenters. The number of oxime groups is 1. The largest absolute Gasteiger partial charge is 0.411 e. The average Bonchev–Trinajstić information content (AvgIpc) is 3.00. The van der Waals surface area contributed by atoms with E-state index < -0.39 is 0 Å². The summed E-state index contributed by atoms with van der Waals surface area (Å²) in [5.74, 6) is 0.490. The van der Waals surface area contributed by atoms with Gasteiger partial charge in [0.25, 0.3) is 0 Å². The summed E-state index contributed by atoms with van der Waals surface area (Å²) >= 11 is 0. The highest BCUT2D eigenvalue weighted by molar-refractivity contribution is 5.88. The van der Waals surface area contributed by atoms with Crippen LogP contribution in [0.5, 0.6) is 0 Å². The second-order valence-electron chi connectivity index (χ2n) is 5.73. The lowest BCUT2D eigenvalue weighted by atomic mass is 10.00. The highest BCUT2D eigenvalue weighted by atomic mass is 16.4. The van der Waals surface area contributed by atoms with Gasteiger partial charge in [0.2, 0.25) is 0 Å². The van der Waals surface area contributed by atoms with Crippen molar-refractivity contribution < 1.29 is 5.21 Å². The molecule has 4 heteroatoms. The molecule has 116 valence electrons. The minimum atomic E-state index is 0.490. The van der Waals surface area contributed by atoms with Crippen molar-refractivity contribution in [3.63, 3.8) is 0 Å². The standard InChI is InChI=1S/C19H19N3O/c1-14(2)15-8-10-16(11-9-15)19-17(12-20-23)13-22(21-19)18-6-4-3-5-7-18/h3-14,23H,1-2H3/b20-12+. The lowest BCUT2D eigenvalue weighted by Gasteiger charge is -2.06. The topological polar surface area (TPSA) is 50.4 Å². The number of nitrogens with zero attached hydrogens (tertiary/aromatic N) is 3. The Morgan fingerprint density at radius 1 is 1.04 bits per heavy atom. The van der Waals surface area contributed by atoms with Crippen molar-refractivity contribution in [1.82, 2.24) is 9.78 Å². The number of rotatable bonds is 4. The van der Waals surface area contributed by atoms with E-state index in [1.165, 1.54) is 11.8 Å². The maximum Gasteiger partial charge on any atom is 0.102 e. The van der Waals surface area contributed by atoms with Gasteiger partial charge in [-0.3, -0.25) is 0 Å². The van der Waals surface area contributed by atoms with Gasteiger partial charge in [0.1, 0.15) is 5.69 Å². The predicted octanol–water partition coefficient (Wildman–Crippen LogP) is 4.47. The van der Waals surface area contributed by atoms with Crippen molar-refractivity contribution in [3.05, 3.63) is 71.9 Å². The molecule has 0 aliphatic carbocycles. The van der Waals surface area contributed by atoms with E-state index in [0.29, 0.717) is 5.92 Å². The second kappa shape index (κ2) is 6.48. The van der Waals surface area contributed by atoms with Crippen LogP contribution in [0.25, 0.3) is 16.9 Å². The van der Waals surface area contributed by atoms with E-state index in [9.17, 15) is 0 Å². The Labute approximate surface area is 135 Å². The van der Waals surface area contributed by atoms with Crippen molar-refractivity contribution in [2.45, 2.75) is 19.8 Å². The molecule has 0 radical (unpaired) electrons. The second-order valence-corrected chi connectivity index (χ2v) is 5.73. The molecule has 0 fully saturated rings. The van der Waals surface area contributed by atoms with Crippen molar-refractivity contribution in [1.29, 1.82) is 0 Å². The van der Waals surface area contributed by atoms with Crippen LogP contribution >= 0.6 is 0 Å².